The van der Waals surface area contributed by atoms with Crippen LogP contribution >= 0.6 is 0 Å². The lowest BCUT2D eigenvalue weighted by atomic mass is 9.73. The fourth-order valence-corrected chi connectivity index (χ4v) is 4.26. The first-order chi connectivity index (χ1) is 13.0. The number of benzene rings is 2. The summed E-state index contributed by atoms with van der Waals surface area (Å²) in [6.45, 7) is 4.98. The van der Waals surface area contributed by atoms with Gasteiger partial charge in [-0.1, -0.05) is 43.3 Å². The maximum absolute atomic E-state index is 12.1. The van der Waals surface area contributed by atoms with Gasteiger partial charge in [-0.15, -0.1) is 0 Å². The lowest BCUT2D eigenvalue weighted by Gasteiger charge is -2.49. The predicted octanol–water partition coefficient (Wildman–Crippen LogP) is 2.62. The number of ether oxygens (including phenoxy) is 2. The highest BCUT2D eigenvalue weighted by Crippen LogP contribution is 2.36. The third-order valence-electron chi connectivity index (χ3n) is 5.55. The van der Waals surface area contributed by atoms with Crippen LogP contribution in [0.5, 0.6) is 11.5 Å². The van der Waals surface area contributed by atoms with Crippen LogP contribution in [-0.2, 0) is 17.6 Å². The summed E-state index contributed by atoms with van der Waals surface area (Å²) in [5, 5.41) is 0. The van der Waals surface area contributed by atoms with Crippen LogP contribution in [0, 0.1) is 11.3 Å². The van der Waals surface area contributed by atoms with Crippen LogP contribution in [0.2, 0.25) is 0 Å². The molecule has 2 aromatic rings. The molecule has 142 valence electrons. The largest absolute Gasteiger partial charge is 0.454 e. The molecule has 2 N–H and O–H groups in total. The molecule has 0 radical (unpaired) electrons. The van der Waals surface area contributed by atoms with E-state index in [2.05, 4.69) is 36.1 Å². The molecule has 0 bridgehead atoms. The van der Waals surface area contributed by atoms with Gasteiger partial charge in [0.05, 0.1) is 5.41 Å². The molecule has 27 heavy (non-hydrogen) atoms. The van der Waals surface area contributed by atoms with E-state index in [9.17, 15) is 4.79 Å². The highest BCUT2D eigenvalue weighted by atomic mass is 16.7. The number of nitrogens with zero attached hydrogens (tertiary/aromatic N) is 1. The normalized spacial score (nSPS) is 18.7. The minimum absolute atomic E-state index is 0.189. The molecule has 1 saturated heterocycles. The molecule has 2 aliphatic heterocycles. The minimum Gasteiger partial charge on any atom is -0.454 e. The zero-order chi connectivity index (χ0) is 18.9. The van der Waals surface area contributed by atoms with Gasteiger partial charge in [0.1, 0.15) is 0 Å². The number of hydrogen-bond acceptors (Lipinski definition) is 4. The fraction of sp³-hybridized carbons (Fsp3) is 0.409. The third-order valence-corrected chi connectivity index (χ3v) is 5.55. The smallest absolute Gasteiger partial charge is 0.231 e. The summed E-state index contributed by atoms with van der Waals surface area (Å²) in [5.74, 6) is 1.94. The minimum atomic E-state index is -0.431. The molecule has 0 saturated carbocycles. The number of fused-ring (bicyclic) bond motifs is 1. The number of hydrogen-bond donors (Lipinski definition) is 1. The van der Waals surface area contributed by atoms with Gasteiger partial charge in [-0.3, -0.25) is 4.79 Å². The molecule has 0 spiro atoms. The summed E-state index contributed by atoms with van der Waals surface area (Å²) >= 11 is 0. The summed E-state index contributed by atoms with van der Waals surface area (Å²) in [6.07, 6.45) is 1.69. The molecular weight excluding hydrogens is 340 g/mol. The summed E-state index contributed by atoms with van der Waals surface area (Å²) < 4.78 is 10.8. The van der Waals surface area contributed by atoms with Crippen molar-refractivity contribution in [3.63, 3.8) is 0 Å². The first kappa shape index (κ1) is 17.9. The quantitative estimate of drug-likeness (QED) is 0.818. The fourth-order valence-electron chi connectivity index (χ4n) is 4.26. The highest BCUT2D eigenvalue weighted by molar-refractivity contribution is 5.83. The third kappa shape index (κ3) is 3.78. The van der Waals surface area contributed by atoms with Crippen molar-refractivity contribution in [2.45, 2.75) is 19.8 Å². The molecule has 1 unspecified atom stereocenters. The van der Waals surface area contributed by atoms with E-state index in [0.29, 0.717) is 12.7 Å². The van der Waals surface area contributed by atoms with Crippen LogP contribution in [-0.4, -0.2) is 37.2 Å². The SMILES string of the molecule is CC(Cc1ccc2c(c1)OCO2)CN1CC(Cc2ccccc2)(C(N)=O)C1. The van der Waals surface area contributed by atoms with Crippen molar-refractivity contribution in [3.8, 4) is 11.5 Å². The number of carbonyl (C=O) groups excluding carboxylic acids is 1. The Morgan fingerprint density at radius 2 is 1.85 bits per heavy atom. The van der Waals surface area contributed by atoms with Gasteiger partial charge in [-0.2, -0.15) is 0 Å². The van der Waals surface area contributed by atoms with Crippen molar-refractivity contribution < 1.29 is 14.3 Å². The lowest BCUT2D eigenvalue weighted by Crippen LogP contribution is -2.64. The van der Waals surface area contributed by atoms with Gasteiger partial charge in [0.15, 0.2) is 11.5 Å². The molecule has 1 atom stereocenters. The van der Waals surface area contributed by atoms with Crippen LogP contribution in [0.1, 0.15) is 18.1 Å². The monoisotopic (exact) mass is 366 g/mol. The number of primary amides is 1. The Bertz CT molecular complexity index is 816. The van der Waals surface area contributed by atoms with Crippen LogP contribution in [0.3, 0.4) is 0 Å². The number of amides is 1. The molecule has 2 heterocycles. The Labute approximate surface area is 160 Å². The molecule has 4 rings (SSSR count). The Morgan fingerprint density at radius 3 is 2.59 bits per heavy atom. The predicted molar refractivity (Wildman–Crippen MR) is 104 cm³/mol. The summed E-state index contributed by atoms with van der Waals surface area (Å²) in [6, 6.07) is 16.3. The van der Waals surface area contributed by atoms with Crippen molar-refractivity contribution in [1.29, 1.82) is 0 Å². The zero-order valence-corrected chi connectivity index (χ0v) is 15.7. The standard InChI is InChI=1S/C22H26N2O3/c1-16(9-18-7-8-19-20(10-18)27-15-26-19)12-24-13-22(14-24,21(23)25)11-17-5-3-2-4-6-17/h2-8,10,16H,9,11-15H2,1H3,(H2,23,25). The second-order valence-corrected chi connectivity index (χ2v) is 7.97. The Kier molecular flexibility index (Phi) is 4.79. The second-order valence-electron chi connectivity index (χ2n) is 7.97. The first-order valence-electron chi connectivity index (χ1n) is 9.49. The number of carbonyl (C=O) groups is 1. The van der Waals surface area contributed by atoms with E-state index in [0.717, 1.165) is 44.0 Å². The van der Waals surface area contributed by atoms with E-state index >= 15 is 0 Å². The molecule has 2 aliphatic rings. The van der Waals surface area contributed by atoms with Crippen LogP contribution < -0.4 is 15.2 Å². The van der Waals surface area contributed by atoms with Gasteiger partial charge in [0.2, 0.25) is 12.7 Å². The van der Waals surface area contributed by atoms with Crippen molar-refractivity contribution in [2.24, 2.45) is 17.1 Å². The van der Waals surface area contributed by atoms with Crippen molar-refractivity contribution in [3.05, 3.63) is 59.7 Å². The molecule has 1 amide bonds. The van der Waals surface area contributed by atoms with E-state index in [-0.39, 0.29) is 5.91 Å². The number of nitrogens with two attached hydrogens (primary N) is 1. The average Bonchev–Trinajstić information content (AvgIpc) is 3.08. The molecular formula is C22H26N2O3. The van der Waals surface area contributed by atoms with Crippen molar-refractivity contribution in [1.82, 2.24) is 4.90 Å². The highest BCUT2D eigenvalue weighted by Gasteiger charge is 2.47. The number of rotatable bonds is 7. The average molecular weight is 366 g/mol. The van der Waals surface area contributed by atoms with E-state index in [1.807, 2.05) is 24.3 Å². The van der Waals surface area contributed by atoms with Crippen LogP contribution in [0.4, 0.5) is 0 Å². The molecule has 2 aromatic carbocycles. The Hall–Kier alpha value is -2.53. The Balaban J connectivity index is 1.32. The van der Waals surface area contributed by atoms with E-state index in [4.69, 9.17) is 15.2 Å². The summed E-state index contributed by atoms with van der Waals surface area (Å²) in [4.78, 5) is 14.4. The summed E-state index contributed by atoms with van der Waals surface area (Å²) in [5.41, 5.74) is 7.75. The molecule has 5 heteroatoms. The lowest BCUT2D eigenvalue weighted by molar-refractivity contribution is -0.138. The second kappa shape index (κ2) is 7.24. The molecule has 5 nitrogen and oxygen atoms in total. The van der Waals surface area contributed by atoms with E-state index in [1.165, 1.54) is 11.1 Å². The Morgan fingerprint density at radius 1 is 1.11 bits per heavy atom. The first-order valence-corrected chi connectivity index (χ1v) is 9.49. The number of likely N-dealkylation sites (tertiary alicyclic amines) is 1. The zero-order valence-electron chi connectivity index (χ0n) is 15.7. The van der Waals surface area contributed by atoms with Crippen molar-refractivity contribution in [2.75, 3.05) is 26.4 Å². The van der Waals surface area contributed by atoms with Gasteiger partial charge in [-0.25, -0.2) is 0 Å². The molecule has 0 aromatic heterocycles. The van der Waals surface area contributed by atoms with E-state index < -0.39 is 5.41 Å². The maximum Gasteiger partial charge on any atom is 0.231 e. The van der Waals surface area contributed by atoms with Crippen molar-refractivity contribution >= 4 is 5.91 Å². The van der Waals surface area contributed by atoms with Gasteiger partial charge in [0.25, 0.3) is 0 Å². The van der Waals surface area contributed by atoms with Crippen LogP contribution in [0.15, 0.2) is 48.5 Å². The van der Waals surface area contributed by atoms with Gasteiger partial charge in [0, 0.05) is 19.6 Å². The van der Waals surface area contributed by atoms with E-state index in [1.54, 1.807) is 0 Å². The summed E-state index contributed by atoms with van der Waals surface area (Å²) in [7, 11) is 0. The molecule has 1 fully saturated rings. The molecule has 0 aliphatic carbocycles. The van der Waals surface area contributed by atoms with Crippen LogP contribution in [0.25, 0.3) is 0 Å². The maximum atomic E-state index is 12.1. The van der Waals surface area contributed by atoms with Gasteiger partial charge in [-0.05, 0) is 42.0 Å². The van der Waals surface area contributed by atoms with Gasteiger partial charge >= 0.3 is 0 Å². The van der Waals surface area contributed by atoms with Gasteiger partial charge < -0.3 is 20.1 Å². The topological polar surface area (TPSA) is 64.8 Å².